The molecular weight excluding hydrogens is 1190 g/mol. The Bertz CT molecular complexity index is 2330. The van der Waals surface area contributed by atoms with Gasteiger partial charge in [-0.3, -0.25) is 38.4 Å². The predicted molar refractivity (Wildman–Crippen MR) is 390 cm³/mol. The number of nitrogens with zero attached hydrogens (tertiary/aromatic N) is 8. The third kappa shape index (κ3) is 32.7. The number of hydrogen-bond acceptors (Lipinski definition) is 10. The molecule has 8 aliphatic heterocycles. The number of nitrogens with two attached hydrogens (primary N) is 1. The van der Waals surface area contributed by atoms with Crippen LogP contribution >= 0.6 is 0 Å². The van der Waals surface area contributed by atoms with Gasteiger partial charge in [-0.1, -0.05) is 194 Å². The minimum Gasteiger partial charge on any atom is -0.402 e. The molecule has 18 heteroatoms. The average Bonchev–Trinajstić information content (AvgIpc) is 1.65. The number of likely N-dealkylation sites (tertiary alicyclic amines) is 7. The maximum atomic E-state index is 11.9. The molecule has 8 rings (SSSR count). The molecule has 18 nitrogen and oxygen atoms in total. The molecular formula is C77H145N9O9. The van der Waals surface area contributed by atoms with E-state index in [-0.39, 0.29) is 61.0 Å². The highest BCUT2D eigenvalue weighted by Crippen LogP contribution is 2.29. The number of ether oxygens (including phenoxy) is 1. The second-order valence-electron chi connectivity index (χ2n) is 36.6. The molecule has 95 heavy (non-hydrogen) atoms. The summed E-state index contributed by atoms with van der Waals surface area (Å²) >= 11 is 0. The van der Waals surface area contributed by atoms with E-state index < -0.39 is 0 Å². The molecule has 0 spiro atoms. The quantitative estimate of drug-likeness (QED) is 0.264. The van der Waals surface area contributed by atoms with Crippen LogP contribution in [-0.2, 0) is 43.1 Å². The highest BCUT2D eigenvalue weighted by molar-refractivity contribution is 5.85. The lowest BCUT2D eigenvalue weighted by Gasteiger charge is -2.40. The minimum absolute atomic E-state index is 0.180. The van der Waals surface area contributed by atoms with E-state index in [9.17, 15) is 38.4 Å². The summed E-state index contributed by atoms with van der Waals surface area (Å²) in [7, 11) is 0. The number of hydrogen-bond donors (Lipinski definition) is 1. The van der Waals surface area contributed by atoms with Crippen molar-refractivity contribution in [3.63, 3.8) is 0 Å². The van der Waals surface area contributed by atoms with Crippen LogP contribution in [0.4, 0.5) is 0 Å². The minimum atomic E-state index is -0.287. The van der Waals surface area contributed by atoms with E-state index >= 15 is 0 Å². The van der Waals surface area contributed by atoms with Crippen molar-refractivity contribution in [3.8, 4) is 0 Å². The fourth-order valence-electron chi connectivity index (χ4n) is 11.5. The van der Waals surface area contributed by atoms with Gasteiger partial charge in [0.05, 0.1) is 13.2 Å². The number of amides is 8. The molecule has 0 aliphatic carbocycles. The molecule has 0 saturated carbocycles. The number of morpholine rings is 1. The van der Waals surface area contributed by atoms with E-state index in [1.54, 1.807) is 0 Å². The zero-order valence-corrected chi connectivity index (χ0v) is 66.1. The molecule has 0 aromatic heterocycles. The summed E-state index contributed by atoms with van der Waals surface area (Å²) in [6.07, 6.45) is 11.7. The van der Waals surface area contributed by atoms with Crippen molar-refractivity contribution in [2.24, 2.45) is 72.7 Å². The lowest BCUT2D eigenvalue weighted by molar-refractivity contribution is -0.145. The number of carbonyl (C=O) groups is 8. The van der Waals surface area contributed by atoms with Crippen molar-refractivity contribution in [2.45, 2.75) is 251 Å². The van der Waals surface area contributed by atoms with Crippen LogP contribution in [0, 0.1) is 67.0 Å². The number of piperidine rings is 2. The zero-order valence-electron chi connectivity index (χ0n) is 66.1. The van der Waals surface area contributed by atoms with Crippen LogP contribution in [0.15, 0.2) is 12.3 Å². The molecule has 0 bridgehead atoms. The van der Waals surface area contributed by atoms with E-state index in [4.69, 9.17) is 10.5 Å². The van der Waals surface area contributed by atoms with E-state index in [1.165, 1.54) is 57.8 Å². The Morgan fingerprint density at radius 3 is 0.779 bits per heavy atom. The zero-order chi connectivity index (χ0) is 73.6. The van der Waals surface area contributed by atoms with E-state index in [1.807, 2.05) is 205 Å². The summed E-state index contributed by atoms with van der Waals surface area (Å²) in [5.41, 5.74) is 4.63. The van der Waals surface area contributed by atoms with Crippen LogP contribution in [0.1, 0.15) is 251 Å². The highest BCUT2D eigenvalue weighted by Gasteiger charge is 2.37. The van der Waals surface area contributed by atoms with Gasteiger partial charge in [0, 0.05) is 160 Å². The lowest BCUT2D eigenvalue weighted by Crippen LogP contribution is -2.52. The molecule has 2 N–H and O–H groups in total. The topological polar surface area (TPSA) is 198 Å². The molecule has 0 radical (unpaired) electrons. The monoisotopic (exact) mass is 1340 g/mol. The van der Waals surface area contributed by atoms with Gasteiger partial charge in [0.25, 0.3) is 0 Å². The third-order valence-electron chi connectivity index (χ3n) is 17.7. The summed E-state index contributed by atoms with van der Waals surface area (Å²) in [5.74, 6) is 4.72. The van der Waals surface area contributed by atoms with Gasteiger partial charge in [-0.15, -0.1) is 0 Å². The number of carbonyl (C=O) groups excluding carboxylic acids is 8. The average molecular weight is 1340 g/mol. The summed E-state index contributed by atoms with van der Waals surface area (Å²) < 4.78 is 5.17. The van der Waals surface area contributed by atoms with E-state index in [2.05, 4.69) is 27.4 Å². The molecule has 8 heterocycles. The first-order chi connectivity index (χ1) is 43.1. The van der Waals surface area contributed by atoms with Crippen LogP contribution in [0.3, 0.4) is 0 Å². The largest absolute Gasteiger partial charge is 0.402 e. The first kappa shape index (κ1) is 88.3. The van der Waals surface area contributed by atoms with Gasteiger partial charge in [-0.25, -0.2) is 0 Å². The molecule has 0 aromatic rings. The molecule has 8 saturated heterocycles. The Morgan fingerprint density at radius 1 is 0.284 bits per heavy atom. The third-order valence-corrected chi connectivity index (χ3v) is 17.7. The van der Waals surface area contributed by atoms with Crippen LogP contribution in [0.2, 0.25) is 0 Å². The van der Waals surface area contributed by atoms with Gasteiger partial charge in [-0.05, 0) is 82.0 Å². The second kappa shape index (κ2) is 38.0. The van der Waals surface area contributed by atoms with Crippen molar-refractivity contribution in [2.75, 3.05) is 118 Å². The van der Waals surface area contributed by atoms with Crippen LogP contribution in [0.25, 0.3) is 0 Å². The van der Waals surface area contributed by atoms with Crippen molar-refractivity contribution in [1.82, 2.24) is 39.2 Å². The Balaban J connectivity index is 0.000000544. The maximum Gasteiger partial charge on any atom is 0.228 e. The number of rotatable bonds is 1. The molecule has 0 aromatic carbocycles. The Hall–Kier alpha value is -4.74. The Kier molecular flexibility index (Phi) is 35.3. The van der Waals surface area contributed by atoms with E-state index in [0.717, 1.165) is 117 Å². The van der Waals surface area contributed by atoms with Crippen molar-refractivity contribution in [1.29, 1.82) is 0 Å². The summed E-state index contributed by atoms with van der Waals surface area (Å²) in [6.45, 7) is 73.7. The van der Waals surface area contributed by atoms with Gasteiger partial charge >= 0.3 is 0 Å². The smallest absolute Gasteiger partial charge is 0.228 e. The predicted octanol–water partition coefficient (Wildman–Crippen LogP) is 12.9. The fourth-order valence-corrected chi connectivity index (χ4v) is 11.5. The molecule has 8 amide bonds. The Labute approximate surface area is 581 Å². The van der Waals surface area contributed by atoms with Gasteiger partial charge in [0.2, 0.25) is 47.3 Å². The van der Waals surface area contributed by atoms with Crippen LogP contribution in [-0.4, -0.2) is 204 Å². The maximum absolute atomic E-state index is 11.9. The molecule has 2 unspecified atom stereocenters. The van der Waals surface area contributed by atoms with E-state index in [0.29, 0.717) is 66.2 Å². The molecule has 8 aliphatic rings. The van der Waals surface area contributed by atoms with Crippen molar-refractivity contribution >= 4 is 47.3 Å². The lowest BCUT2D eigenvalue weighted by atomic mass is 9.91. The summed E-state index contributed by atoms with van der Waals surface area (Å²) in [5, 5.41) is 0. The van der Waals surface area contributed by atoms with Crippen molar-refractivity contribution < 1.29 is 43.1 Å². The van der Waals surface area contributed by atoms with Crippen LogP contribution in [0.5, 0.6) is 0 Å². The van der Waals surface area contributed by atoms with Crippen LogP contribution < -0.4 is 5.73 Å². The molecule has 552 valence electrons. The standard InChI is InChI=1S/C11H20N2O.C11H21NO.2C10H19NO.C9H17NO2.2C9H17NO.C8H15NO/c1-8(12)9-5-6-13(7-9)10(14)11(2,3)4;1-9-5-7-12(8-6-9)10(13)11(2,3)4;1-8-5-6-11(7-8)9(12)10(2,3)4;1-10(2,3)9(12)11-7-5-4-6-8-11;1-9(2,3)8(11)10-4-6-12-7-5-10;1-7-5-10(6-7)8(11)9(2,3)4;1-9(2,3)8(11)10-6-4-5-7-10;1-8(2,3)7(10)9-5-4-6-9/h9H,1,5-7,12H2,2-4H3;9H,5-8H2,1-4H3;8H,5-7H2,1-4H3;4-8H2,1-3H3;4-7H2,1-3H3;7H,5-6H2,1-4H3;4-7H2,1-3H3;4-6H2,1-3H3. The van der Waals surface area contributed by atoms with Gasteiger partial charge < -0.3 is 49.7 Å². The Morgan fingerprint density at radius 2 is 0.516 bits per heavy atom. The van der Waals surface area contributed by atoms with Gasteiger partial charge in [-0.2, -0.15) is 0 Å². The van der Waals surface area contributed by atoms with Crippen molar-refractivity contribution in [3.05, 3.63) is 12.3 Å². The SMILES string of the molecule is C=C(N)C1CCN(C(=O)C(C)(C)C)C1.CC(C)(C)C(=O)N1CCC1.CC(C)(C)C(=O)N1CCCC1.CC(C)(C)C(=O)N1CCCCC1.CC(C)(C)C(=O)N1CCOCC1.CC1CCN(C(=O)C(C)(C)C)C1.CC1CCN(C(=O)C(C)(C)C)CC1.CC1CN(C(=O)C(C)(C)C)C1. The normalized spacial score (nSPS) is 20.6. The summed E-state index contributed by atoms with van der Waals surface area (Å²) in [4.78, 5) is 109. The molecule has 2 atom stereocenters. The first-order valence-electron chi connectivity index (χ1n) is 36.5. The highest BCUT2D eigenvalue weighted by atomic mass is 16.5. The summed E-state index contributed by atoms with van der Waals surface area (Å²) in [6, 6.07) is 0. The second-order valence-corrected chi connectivity index (χ2v) is 36.6. The fraction of sp³-hybridized carbons (Fsp3) is 0.870. The first-order valence-corrected chi connectivity index (χ1v) is 36.5. The molecule has 8 fully saturated rings. The van der Waals surface area contributed by atoms with Gasteiger partial charge in [0.15, 0.2) is 0 Å². The van der Waals surface area contributed by atoms with Gasteiger partial charge in [0.1, 0.15) is 0 Å².